The highest BCUT2D eigenvalue weighted by Gasteiger charge is 2.39. The molecule has 1 aliphatic heterocycles. The quantitative estimate of drug-likeness (QED) is 0.909. The summed E-state index contributed by atoms with van der Waals surface area (Å²) in [7, 11) is 2.10. The summed E-state index contributed by atoms with van der Waals surface area (Å²) >= 11 is 0. The van der Waals surface area contributed by atoms with Crippen molar-refractivity contribution in [2.75, 3.05) is 33.2 Å². The Morgan fingerprint density at radius 2 is 1.76 bits per heavy atom. The van der Waals surface area contributed by atoms with Crippen molar-refractivity contribution in [1.29, 1.82) is 0 Å². The highest BCUT2D eigenvalue weighted by atomic mass is 16.2. The van der Waals surface area contributed by atoms with E-state index in [0.29, 0.717) is 6.42 Å². The molecular formula is C17H25N3O. The lowest BCUT2D eigenvalue weighted by atomic mass is 10.0. The maximum Gasteiger partial charge on any atom is 0.222 e. The number of benzene rings is 1. The summed E-state index contributed by atoms with van der Waals surface area (Å²) in [5.74, 6) is 0.282. The molecule has 3 rings (SSSR count). The normalized spacial score (nSPS) is 21.3. The van der Waals surface area contributed by atoms with Gasteiger partial charge in [0.15, 0.2) is 0 Å². The van der Waals surface area contributed by atoms with Crippen molar-refractivity contribution in [3.63, 3.8) is 0 Å². The zero-order chi connectivity index (χ0) is 14.9. The lowest BCUT2D eigenvalue weighted by molar-refractivity contribution is -0.132. The summed E-state index contributed by atoms with van der Waals surface area (Å²) in [5.41, 5.74) is 8.58. The van der Waals surface area contributed by atoms with E-state index in [0.717, 1.165) is 45.4 Å². The fourth-order valence-electron chi connectivity index (χ4n) is 2.89. The smallest absolute Gasteiger partial charge is 0.222 e. The molecule has 1 aromatic carbocycles. The monoisotopic (exact) mass is 287 g/mol. The van der Waals surface area contributed by atoms with E-state index in [1.165, 1.54) is 11.1 Å². The van der Waals surface area contributed by atoms with E-state index in [1.807, 2.05) is 4.90 Å². The van der Waals surface area contributed by atoms with Crippen LogP contribution in [0.5, 0.6) is 0 Å². The fourth-order valence-corrected chi connectivity index (χ4v) is 2.89. The van der Waals surface area contributed by atoms with Crippen LogP contribution in [0.3, 0.4) is 0 Å². The Labute approximate surface area is 126 Å². The molecule has 0 atom stereocenters. The maximum atomic E-state index is 12.2. The number of carbonyl (C=O) groups is 1. The van der Waals surface area contributed by atoms with Crippen LogP contribution in [0.15, 0.2) is 24.3 Å². The molecule has 21 heavy (non-hydrogen) atoms. The zero-order valence-electron chi connectivity index (χ0n) is 12.8. The Kier molecular flexibility index (Phi) is 4.00. The zero-order valence-corrected chi connectivity index (χ0v) is 12.8. The number of nitrogens with zero attached hydrogens (tertiary/aromatic N) is 2. The first kappa shape index (κ1) is 14.5. The molecule has 1 aliphatic carbocycles. The fraction of sp³-hybridized carbons (Fsp3) is 0.588. The molecule has 1 saturated heterocycles. The largest absolute Gasteiger partial charge is 0.340 e. The minimum atomic E-state index is -0.0613. The Balaban J connectivity index is 1.49. The molecule has 0 spiro atoms. The van der Waals surface area contributed by atoms with Gasteiger partial charge < -0.3 is 15.5 Å². The average molecular weight is 287 g/mol. The van der Waals surface area contributed by atoms with Gasteiger partial charge >= 0.3 is 0 Å². The molecule has 1 aromatic rings. The molecule has 2 aliphatic rings. The Hall–Kier alpha value is -1.39. The molecule has 4 nitrogen and oxygen atoms in total. The van der Waals surface area contributed by atoms with Gasteiger partial charge in [0.25, 0.3) is 0 Å². The molecule has 2 N–H and O–H groups in total. The van der Waals surface area contributed by atoms with Crippen molar-refractivity contribution in [2.24, 2.45) is 5.73 Å². The highest BCUT2D eigenvalue weighted by Crippen LogP contribution is 2.42. The second kappa shape index (κ2) is 5.78. The van der Waals surface area contributed by atoms with Crippen LogP contribution >= 0.6 is 0 Å². The van der Waals surface area contributed by atoms with Crippen LogP contribution in [0.2, 0.25) is 0 Å². The Bertz CT molecular complexity index is 499. The molecule has 1 heterocycles. The van der Waals surface area contributed by atoms with E-state index >= 15 is 0 Å². The minimum Gasteiger partial charge on any atom is -0.340 e. The summed E-state index contributed by atoms with van der Waals surface area (Å²) in [6.45, 7) is 3.70. The number of likely N-dealkylation sites (N-methyl/N-ethyl adjacent to an activating group) is 1. The molecule has 1 amide bonds. The van der Waals surface area contributed by atoms with Crippen LogP contribution in [-0.2, 0) is 16.8 Å². The van der Waals surface area contributed by atoms with Gasteiger partial charge in [-0.15, -0.1) is 0 Å². The van der Waals surface area contributed by atoms with E-state index in [9.17, 15) is 4.79 Å². The molecule has 114 valence electrons. The molecule has 2 fully saturated rings. The Morgan fingerprint density at radius 1 is 1.14 bits per heavy atom. The van der Waals surface area contributed by atoms with E-state index in [1.54, 1.807) is 0 Å². The van der Waals surface area contributed by atoms with E-state index in [-0.39, 0.29) is 11.4 Å². The van der Waals surface area contributed by atoms with E-state index in [2.05, 4.69) is 36.2 Å². The highest BCUT2D eigenvalue weighted by molar-refractivity contribution is 5.76. The molecule has 0 bridgehead atoms. The predicted molar refractivity (Wildman–Crippen MR) is 83.9 cm³/mol. The predicted octanol–water partition coefficient (Wildman–Crippen LogP) is 1.34. The molecule has 0 aromatic heterocycles. The number of hydrogen-bond donors (Lipinski definition) is 1. The van der Waals surface area contributed by atoms with Gasteiger partial charge in [-0.25, -0.2) is 0 Å². The number of carbonyl (C=O) groups excluding carboxylic acids is 1. The topological polar surface area (TPSA) is 49.6 Å². The number of nitrogens with two attached hydrogens (primary N) is 1. The first-order chi connectivity index (χ1) is 10.1. The van der Waals surface area contributed by atoms with Crippen LogP contribution < -0.4 is 5.73 Å². The molecule has 0 radical (unpaired) electrons. The number of rotatable bonds is 4. The second-order valence-corrected chi connectivity index (χ2v) is 6.54. The number of aryl methyl sites for hydroxylation is 1. The van der Waals surface area contributed by atoms with Crippen molar-refractivity contribution in [1.82, 2.24) is 9.80 Å². The van der Waals surface area contributed by atoms with Crippen LogP contribution in [0.25, 0.3) is 0 Å². The maximum absolute atomic E-state index is 12.2. The molecule has 4 heteroatoms. The van der Waals surface area contributed by atoms with Gasteiger partial charge in [0.1, 0.15) is 0 Å². The Morgan fingerprint density at radius 3 is 2.33 bits per heavy atom. The molecule has 0 unspecified atom stereocenters. The molecular weight excluding hydrogens is 262 g/mol. The number of hydrogen-bond acceptors (Lipinski definition) is 3. The minimum absolute atomic E-state index is 0.0613. The third-order valence-electron chi connectivity index (χ3n) is 4.80. The van der Waals surface area contributed by atoms with Crippen molar-refractivity contribution in [3.8, 4) is 0 Å². The lowest BCUT2D eigenvalue weighted by Gasteiger charge is -2.32. The van der Waals surface area contributed by atoms with Gasteiger partial charge in [-0.05, 0) is 37.4 Å². The van der Waals surface area contributed by atoms with Crippen LogP contribution in [0, 0.1) is 0 Å². The standard InChI is InChI=1S/C17H25N3O/c1-19-10-12-20(13-11-19)16(21)7-4-14-2-5-15(6-3-14)17(18)8-9-17/h2-3,5-6H,4,7-13,18H2,1H3. The summed E-state index contributed by atoms with van der Waals surface area (Å²) in [6.07, 6.45) is 3.61. The van der Waals surface area contributed by atoms with Crippen LogP contribution in [-0.4, -0.2) is 48.9 Å². The first-order valence-electron chi connectivity index (χ1n) is 7.91. The SMILES string of the molecule is CN1CCN(C(=O)CCc2ccc(C3(N)CC3)cc2)CC1. The van der Waals surface area contributed by atoms with Gasteiger partial charge in [0.05, 0.1) is 0 Å². The number of piperazine rings is 1. The van der Waals surface area contributed by atoms with Crippen molar-refractivity contribution >= 4 is 5.91 Å². The second-order valence-electron chi connectivity index (χ2n) is 6.54. The summed E-state index contributed by atoms with van der Waals surface area (Å²) in [5, 5.41) is 0. The van der Waals surface area contributed by atoms with Crippen LogP contribution in [0.1, 0.15) is 30.4 Å². The van der Waals surface area contributed by atoms with Gasteiger partial charge in [-0.3, -0.25) is 4.79 Å². The average Bonchev–Trinajstić information content (AvgIpc) is 3.25. The van der Waals surface area contributed by atoms with Crippen molar-refractivity contribution < 1.29 is 4.79 Å². The van der Waals surface area contributed by atoms with Gasteiger partial charge in [0.2, 0.25) is 5.91 Å². The third-order valence-corrected chi connectivity index (χ3v) is 4.80. The molecule has 1 saturated carbocycles. The first-order valence-corrected chi connectivity index (χ1v) is 7.91. The van der Waals surface area contributed by atoms with Gasteiger partial charge in [-0.1, -0.05) is 24.3 Å². The summed E-state index contributed by atoms with van der Waals surface area (Å²) < 4.78 is 0. The number of amides is 1. The van der Waals surface area contributed by atoms with E-state index < -0.39 is 0 Å². The van der Waals surface area contributed by atoms with Gasteiger partial charge in [0, 0.05) is 38.1 Å². The summed E-state index contributed by atoms with van der Waals surface area (Å²) in [4.78, 5) is 16.5. The van der Waals surface area contributed by atoms with Crippen molar-refractivity contribution in [3.05, 3.63) is 35.4 Å². The van der Waals surface area contributed by atoms with E-state index in [4.69, 9.17) is 5.73 Å². The van der Waals surface area contributed by atoms with Crippen LogP contribution in [0.4, 0.5) is 0 Å². The van der Waals surface area contributed by atoms with Gasteiger partial charge in [-0.2, -0.15) is 0 Å². The lowest BCUT2D eigenvalue weighted by Crippen LogP contribution is -2.47. The van der Waals surface area contributed by atoms with Crippen molar-refractivity contribution in [2.45, 2.75) is 31.2 Å². The third kappa shape index (κ3) is 3.44. The summed E-state index contributed by atoms with van der Waals surface area (Å²) in [6, 6.07) is 8.50.